The quantitative estimate of drug-likeness (QED) is 0.669. The average molecular weight is 323 g/mol. The minimum Gasteiger partial charge on any atom is -0.453 e. The fraction of sp³-hybridized carbons (Fsp3) is 0.600. The van der Waals surface area contributed by atoms with Gasteiger partial charge in [-0.2, -0.15) is 0 Å². The number of aliphatic hydroxyl groups is 1. The lowest BCUT2D eigenvalue weighted by atomic mass is 9.84. The Morgan fingerprint density at radius 3 is 2.52 bits per heavy atom. The molecule has 8 nitrogen and oxygen atoms in total. The molecule has 0 aromatic carbocycles. The molecule has 0 radical (unpaired) electrons. The number of hydrogen-bond donors (Lipinski definition) is 1. The zero-order valence-corrected chi connectivity index (χ0v) is 12.8. The number of carbonyl (C=O) groups excluding carboxylic acids is 4. The summed E-state index contributed by atoms with van der Waals surface area (Å²) in [5.41, 5.74) is -1.02. The monoisotopic (exact) mass is 323 g/mol. The van der Waals surface area contributed by atoms with E-state index in [1.165, 1.54) is 6.08 Å². The van der Waals surface area contributed by atoms with Crippen molar-refractivity contribution in [2.24, 2.45) is 5.92 Å². The highest BCUT2D eigenvalue weighted by Crippen LogP contribution is 2.46. The van der Waals surface area contributed by atoms with Crippen LogP contribution in [-0.4, -0.2) is 58.1 Å². The van der Waals surface area contributed by atoms with E-state index in [-0.39, 0.29) is 31.1 Å². The normalized spacial score (nSPS) is 35.5. The molecule has 0 aromatic heterocycles. The largest absolute Gasteiger partial charge is 0.453 e. The molecule has 1 amide bonds. The van der Waals surface area contributed by atoms with Gasteiger partial charge in [-0.1, -0.05) is 0 Å². The van der Waals surface area contributed by atoms with Crippen molar-refractivity contribution < 1.29 is 33.8 Å². The van der Waals surface area contributed by atoms with Crippen molar-refractivity contribution in [1.29, 1.82) is 0 Å². The average Bonchev–Trinajstić information content (AvgIpc) is 2.86. The summed E-state index contributed by atoms with van der Waals surface area (Å²) in [6.45, 7) is 2.34. The fourth-order valence-corrected chi connectivity index (χ4v) is 3.62. The highest BCUT2D eigenvalue weighted by atomic mass is 16.6. The molecule has 2 heterocycles. The highest BCUT2D eigenvalue weighted by Gasteiger charge is 2.64. The van der Waals surface area contributed by atoms with Crippen LogP contribution in [0.2, 0.25) is 0 Å². The lowest BCUT2D eigenvalue weighted by Crippen LogP contribution is -2.57. The first-order chi connectivity index (χ1) is 10.7. The molecule has 0 spiro atoms. The molecule has 2 saturated heterocycles. The van der Waals surface area contributed by atoms with Gasteiger partial charge in [0.2, 0.25) is 6.10 Å². The predicted molar refractivity (Wildman–Crippen MR) is 73.6 cm³/mol. The summed E-state index contributed by atoms with van der Waals surface area (Å²) in [5, 5.41) is 11.0. The minimum absolute atomic E-state index is 0.0530. The van der Waals surface area contributed by atoms with Gasteiger partial charge < -0.3 is 19.5 Å². The van der Waals surface area contributed by atoms with Crippen molar-refractivity contribution in [2.75, 3.05) is 6.54 Å². The van der Waals surface area contributed by atoms with E-state index in [4.69, 9.17) is 9.47 Å². The zero-order chi connectivity index (χ0) is 16.9. The summed E-state index contributed by atoms with van der Waals surface area (Å²) >= 11 is 0. The van der Waals surface area contributed by atoms with Gasteiger partial charge in [0.15, 0.2) is 17.6 Å². The van der Waals surface area contributed by atoms with E-state index < -0.39 is 35.8 Å². The smallest absolute Gasteiger partial charge is 0.303 e. The summed E-state index contributed by atoms with van der Waals surface area (Å²) < 4.78 is 10.1. The maximum Gasteiger partial charge on any atom is 0.303 e. The zero-order valence-electron chi connectivity index (χ0n) is 12.8. The van der Waals surface area contributed by atoms with Gasteiger partial charge in [-0.3, -0.25) is 19.2 Å². The first-order valence-electron chi connectivity index (χ1n) is 7.34. The third-order valence-corrected chi connectivity index (χ3v) is 4.50. The lowest BCUT2D eigenvalue weighted by molar-refractivity contribution is -0.198. The molecular weight excluding hydrogens is 306 g/mol. The second-order valence-electron chi connectivity index (χ2n) is 6.15. The van der Waals surface area contributed by atoms with E-state index in [2.05, 4.69) is 0 Å². The lowest BCUT2D eigenvalue weighted by Gasteiger charge is -2.43. The van der Waals surface area contributed by atoms with Crippen molar-refractivity contribution in [2.45, 2.75) is 44.6 Å². The van der Waals surface area contributed by atoms with Crippen LogP contribution in [0.15, 0.2) is 11.6 Å². The van der Waals surface area contributed by atoms with Gasteiger partial charge in [0.1, 0.15) is 0 Å². The van der Waals surface area contributed by atoms with Gasteiger partial charge in [0.25, 0.3) is 5.91 Å². The molecule has 0 bridgehead atoms. The maximum absolute atomic E-state index is 12.5. The van der Waals surface area contributed by atoms with Crippen LogP contribution in [0.1, 0.15) is 26.7 Å². The summed E-state index contributed by atoms with van der Waals surface area (Å²) in [5.74, 6) is -2.29. The Morgan fingerprint density at radius 1 is 1.26 bits per heavy atom. The van der Waals surface area contributed by atoms with E-state index in [0.717, 1.165) is 24.3 Å². The van der Waals surface area contributed by atoms with Gasteiger partial charge in [-0.25, -0.2) is 0 Å². The van der Waals surface area contributed by atoms with Gasteiger partial charge in [-0.15, -0.1) is 0 Å². The number of ether oxygens (including phenoxy) is 2. The van der Waals surface area contributed by atoms with Crippen LogP contribution >= 0.6 is 0 Å². The van der Waals surface area contributed by atoms with Gasteiger partial charge in [0, 0.05) is 33.2 Å². The third kappa shape index (κ3) is 2.42. The number of nitrogens with zero attached hydrogens (tertiary/aromatic N) is 1. The number of hydrogen-bond acceptors (Lipinski definition) is 7. The number of amides is 1. The standard InChI is InChI=1S/C15H17NO7/c1-7(17)22-12-13(23-8(2)18)15(21)5-9-3-11(19)4-10(9)6-16(15)14(12)20/h4,9,12-13,21H,3,5-6H2,1-2H3. The van der Waals surface area contributed by atoms with Gasteiger partial charge in [-0.05, 0) is 17.6 Å². The van der Waals surface area contributed by atoms with Crippen molar-refractivity contribution in [1.82, 2.24) is 4.90 Å². The van der Waals surface area contributed by atoms with E-state index in [9.17, 15) is 24.3 Å². The Morgan fingerprint density at radius 2 is 1.91 bits per heavy atom. The molecule has 2 aliphatic heterocycles. The van der Waals surface area contributed by atoms with Gasteiger partial charge >= 0.3 is 11.9 Å². The first kappa shape index (κ1) is 15.7. The van der Waals surface area contributed by atoms with E-state index in [1.54, 1.807) is 0 Å². The van der Waals surface area contributed by atoms with Crippen LogP contribution in [0, 0.1) is 5.92 Å². The fourth-order valence-electron chi connectivity index (χ4n) is 3.62. The van der Waals surface area contributed by atoms with Gasteiger partial charge in [0.05, 0.1) is 0 Å². The Hall–Kier alpha value is -2.22. The van der Waals surface area contributed by atoms with Crippen molar-refractivity contribution >= 4 is 23.6 Å². The molecular formula is C15H17NO7. The molecule has 8 heteroatoms. The summed E-state index contributed by atoms with van der Waals surface area (Å²) in [4.78, 5) is 47.8. The first-order valence-corrected chi connectivity index (χ1v) is 7.34. The Kier molecular flexibility index (Phi) is 3.51. The van der Waals surface area contributed by atoms with Crippen LogP contribution in [0.5, 0.6) is 0 Å². The second-order valence-corrected chi connectivity index (χ2v) is 6.15. The summed E-state index contributed by atoms with van der Waals surface area (Å²) in [7, 11) is 0. The second kappa shape index (κ2) is 5.16. The molecule has 0 aromatic rings. The van der Waals surface area contributed by atoms with Crippen LogP contribution in [0.25, 0.3) is 0 Å². The minimum atomic E-state index is -1.78. The van der Waals surface area contributed by atoms with Crippen LogP contribution in [0.4, 0.5) is 0 Å². The molecule has 0 saturated carbocycles. The molecule has 1 N–H and O–H groups in total. The molecule has 2 fully saturated rings. The third-order valence-electron chi connectivity index (χ3n) is 4.50. The number of carbonyl (C=O) groups is 4. The number of ketones is 1. The van der Waals surface area contributed by atoms with Crippen LogP contribution in [0.3, 0.4) is 0 Å². The Labute approximate surface area is 132 Å². The molecule has 1 aliphatic carbocycles. The van der Waals surface area contributed by atoms with E-state index in [0.29, 0.717) is 0 Å². The molecule has 124 valence electrons. The van der Waals surface area contributed by atoms with Crippen molar-refractivity contribution in [3.8, 4) is 0 Å². The Balaban J connectivity index is 1.97. The predicted octanol–water partition coefficient (Wildman–Crippen LogP) is -0.700. The summed E-state index contributed by atoms with van der Waals surface area (Å²) in [6, 6.07) is 0. The Bertz CT molecular complexity index is 640. The maximum atomic E-state index is 12.5. The number of esters is 2. The van der Waals surface area contributed by atoms with Crippen molar-refractivity contribution in [3.05, 3.63) is 11.6 Å². The molecule has 3 aliphatic rings. The highest BCUT2D eigenvalue weighted by molar-refractivity contribution is 5.95. The topological polar surface area (TPSA) is 110 Å². The number of piperidine rings is 1. The van der Waals surface area contributed by atoms with E-state index >= 15 is 0 Å². The van der Waals surface area contributed by atoms with Crippen LogP contribution in [-0.2, 0) is 28.7 Å². The molecule has 4 unspecified atom stereocenters. The van der Waals surface area contributed by atoms with E-state index in [1.807, 2.05) is 0 Å². The molecule has 23 heavy (non-hydrogen) atoms. The number of rotatable bonds is 2. The summed E-state index contributed by atoms with van der Waals surface area (Å²) in [6.07, 6.45) is -0.890. The SMILES string of the molecule is CC(=O)OC1C(=O)N2CC3=CC(=O)CC3CC2(O)C1OC(C)=O. The molecule has 3 rings (SSSR count). The van der Waals surface area contributed by atoms with Crippen molar-refractivity contribution in [3.63, 3.8) is 0 Å². The number of fused-ring (bicyclic) bond motifs is 2. The van der Waals surface area contributed by atoms with Crippen LogP contribution < -0.4 is 0 Å². The number of allylic oxidation sites excluding steroid dienone is 1. The molecule has 4 atom stereocenters.